The summed E-state index contributed by atoms with van der Waals surface area (Å²) in [5, 5.41) is 0. The molecule has 0 aliphatic heterocycles. The van der Waals surface area contributed by atoms with Gasteiger partial charge in [-0.25, -0.2) is 0 Å². The lowest BCUT2D eigenvalue weighted by Gasteiger charge is -2.51. The molecule has 0 aromatic carbocycles. The van der Waals surface area contributed by atoms with Gasteiger partial charge in [-0.05, 0) is 46.0 Å². The Labute approximate surface area is 166 Å². The van der Waals surface area contributed by atoms with E-state index in [1.54, 1.807) is 6.92 Å². The van der Waals surface area contributed by atoms with E-state index in [2.05, 4.69) is 4.74 Å². The SMILES string of the molecule is CCC(C)(C)C(=O)OC1(C(OC(=O)C(C)C)(C(F)(F)F)C(F)(F)F)CCCCC1. The van der Waals surface area contributed by atoms with E-state index in [0.717, 1.165) is 13.8 Å². The summed E-state index contributed by atoms with van der Waals surface area (Å²) in [5.41, 5.74) is -9.35. The summed E-state index contributed by atoms with van der Waals surface area (Å²) in [6, 6.07) is 0. The zero-order chi connectivity index (χ0) is 22.9. The van der Waals surface area contributed by atoms with Crippen molar-refractivity contribution in [3.8, 4) is 0 Å². The Morgan fingerprint density at radius 3 is 1.72 bits per heavy atom. The largest absolute Gasteiger partial charge is 0.454 e. The molecule has 0 heterocycles. The predicted molar refractivity (Wildman–Crippen MR) is 91.8 cm³/mol. The van der Waals surface area contributed by atoms with Crippen molar-refractivity contribution in [2.45, 2.75) is 96.7 Å². The van der Waals surface area contributed by atoms with Crippen molar-refractivity contribution in [1.29, 1.82) is 0 Å². The molecule has 0 radical (unpaired) electrons. The molecule has 29 heavy (non-hydrogen) atoms. The van der Waals surface area contributed by atoms with Crippen LogP contribution in [0.15, 0.2) is 0 Å². The van der Waals surface area contributed by atoms with E-state index in [-0.39, 0.29) is 19.3 Å². The Hall–Kier alpha value is -1.48. The third-order valence-corrected chi connectivity index (χ3v) is 5.55. The van der Waals surface area contributed by atoms with Gasteiger partial charge in [0.2, 0.25) is 0 Å². The van der Waals surface area contributed by atoms with E-state index < -0.39 is 59.7 Å². The molecule has 1 aliphatic rings. The first-order valence-corrected chi connectivity index (χ1v) is 9.57. The van der Waals surface area contributed by atoms with Crippen LogP contribution in [0.2, 0.25) is 0 Å². The van der Waals surface area contributed by atoms with E-state index in [9.17, 15) is 35.9 Å². The van der Waals surface area contributed by atoms with Crippen LogP contribution in [0.25, 0.3) is 0 Å². The molecule has 1 rings (SSSR count). The van der Waals surface area contributed by atoms with Gasteiger partial charge in [0.15, 0.2) is 5.60 Å². The number of carbonyl (C=O) groups excluding carboxylic acids is 2. The lowest BCUT2D eigenvalue weighted by Crippen LogP contribution is -2.74. The molecule has 1 aliphatic carbocycles. The zero-order valence-electron chi connectivity index (χ0n) is 17.2. The van der Waals surface area contributed by atoms with E-state index in [0.29, 0.717) is 6.42 Å². The van der Waals surface area contributed by atoms with Gasteiger partial charge in [-0.15, -0.1) is 0 Å². The van der Waals surface area contributed by atoms with E-state index >= 15 is 0 Å². The first kappa shape index (κ1) is 25.6. The summed E-state index contributed by atoms with van der Waals surface area (Å²) in [6.07, 6.45) is -13.1. The van der Waals surface area contributed by atoms with Crippen molar-refractivity contribution in [2.24, 2.45) is 11.3 Å². The smallest absolute Gasteiger partial charge is 0.441 e. The third kappa shape index (κ3) is 4.66. The minimum absolute atomic E-state index is 0.0347. The van der Waals surface area contributed by atoms with Gasteiger partial charge < -0.3 is 9.47 Å². The van der Waals surface area contributed by atoms with Crippen LogP contribution in [0.4, 0.5) is 26.3 Å². The molecule has 1 saturated carbocycles. The molecular weight excluding hydrogens is 406 g/mol. The molecule has 0 aromatic rings. The maximum absolute atomic E-state index is 14.2. The fourth-order valence-electron chi connectivity index (χ4n) is 3.26. The molecule has 1 fully saturated rings. The average Bonchev–Trinajstić information content (AvgIpc) is 2.57. The maximum Gasteiger partial charge on any atom is 0.441 e. The summed E-state index contributed by atoms with van der Waals surface area (Å²) in [6.45, 7) is 6.55. The van der Waals surface area contributed by atoms with Gasteiger partial charge in [-0.2, -0.15) is 26.3 Å². The Morgan fingerprint density at radius 1 is 0.931 bits per heavy atom. The molecule has 0 aromatic heterocycles. The standard InChI is InChI=1S/C19H28F6O4/c1-6-15(4,5)14(27)29-16(10-8-7-9-11-16)17(18(20,21)22,19(23,24)25)28-13(26)12(2)3/h12H,6-11H2,1-5H3. The van der Waals surface area contributed by atoms with Crippen LogP contribution in [-0.4, -0.2) is 35.5 Å². The Balaban J connectivity index is 3.76. The van der Waals surface area contributed by atoms with Crippen LogP contribution >= 0.6 is 0 Å². The Morgan fingerprint density at radius 2 is 1.38 bits per heavy atom. The number of hydrogen-bond donors (Lipinski definition) is 0. The van der Waals surface area contributed by atoms with E-state index in [1.165, 1.54) is 13.8 Å². The molecule has 170 valence electrons. The molecule has 4 nitrogen and oxygen atoms in total. The maximum atomic E-state index is 14.2. The second-order valence-corrected chi connectivity index (χ2v) is 8.43. The van der Waals surface area contributed by atoms with Gasteiger partial charge in [0.1, 0.15) is 0 Å². The first-order valence-electron chi connectivity index (χ1n) is 9.57. The normalized spacial score (nSPS) is 18.5. The van der Waals surface area contributed by atoms with Crippen LogP contribution in [0.5, 0.6) is 0 Å². The van der Waals surface area contributed by atoms with Gasteiger partial charge in [-0.3, -0.25) is 9.59 Å². The molecular formula is C19H28F6O4. The number of halogens is 6. The van der Waals surface area contributed by atoms with E-state index in [4.69, 9.17) is 4.74 Å². The molecule has 0 amide bonds. The van der Waals surface area contributed by atoms with Crippen molar-refractivity contribution in [3.63, 3.8) is 0 Å². The van der Waals surface area contributed by atoms with Gasteiger partial charge in [0.25, 0.3) is 0 Å². The first-order chi connectivity index (χ1) is 13.0. The summed E-state index contributed by atoms with van der Waals surface area (Å²) in [7, 11) is 0. The molecule has 0 saturated heterocycles. The Bertz CT molecular complexity index is 587. The molecule has 0 spiro atoms. The van der Waals surface area contributed by atoms with Crippen LogP contribution in [0, 0.1) is 11.3 Å². The molecule has 0 bridgehead atoms. The number of rotatable bonds is 6. The van der Waals surface area contributed by atoms with Crippen LogP contribution in [0.3, 0.4) is 0 Å². The van der Waals surface area contributed by atoms with Crippen molar-refractivity contribution >= 4 is 11.9 Å². The van der Waals surface area contributed by atoms with Crippen LogP contribution in [0.1, 0.15) is 73.1 Å². The predicted octanol–water partition coefficient (Wildman–Crippen LogP) is 5.73. The van der Waals surface area contributed by atoms with Crippen molar-refractivity contribution in [1.82, 2.24) is 0 Å². The number of carbonyl (C=O) groups is 2. The lowest BCUT2D eigenvalue weighted by atomic mass is 9.70. The minimum Gasteiger partial charge on any atom is -0.454 e. The number of hydrogen-bond acceptors (Lipinski definition) is 4. The lowest BCUT2D eigenvalue weighted by molar-refractivity contribution is -0.417. The summed E-state index contributed by atoms with van der Waals surface area (Å²) >= 11 is 0. The zero-order valence-corrected chi connectivity index (χ0v) is 17.2. The molecule has 0 N–H and O–H groups in total. The van der Waals surface area contributed by atoms with Crippen molar-refractivity contribution < 1.29 is 45.4 Å². The number of ether oxygens (including phenoxy) is 2. The van der Waals surface area contributed by atoms with Crippen molar-refractivity contribution in [2.75, 3.05) is 0 Å². The fourth-order valence-corrected chi connectivity index (χ4v) is 3.26. The van der Waals surface area contributed by atoms with Crippen LogP contribution < -0.4 is 0 Å². The van der Waals surface area contributed by atoms with Crippen LogP contribution in [-0.2, 0) is 19.1 Å². The monoisotopic (exact) mass is 434 g/mol. The topological polar surface area (TPSA) is 52.6 Å². The highest BCUT2D eigenvalue weighted by molar-refractivity contribution is 5.77. The third-order valence-electron chi connectivity index (χ3n) is 5.55. The van der Waals surface area contributed by atoms with Gasteiger partial charge in [0, 0.05) is 0 Å². The second-order valence-electron chi connectivity index (χ2n) is 8.43. The average molecular weight is 434 g/mol. The quantitative estimate of drug-likeness (QED) is 0.396. The van der Waals surface area contributed by atoms with E-state index in [1.807, 2.05) is 0 Å². The van der Waals surface area contributed by atoms with Gasteiger partial charge in [0.05, 0.1) is 11.3 Å². The summed E-state index contributed by atoms with van der Waals surface area (Å²) < 4.78 is 94.3. The second kappa shape index (κ2) is 8.34. The minimum atomic E-state index is -6.05. The highest BCUT2D eigenvalue weighted by Crippen LogP contribution is 2.58. The van der Waals surface area contributed by atoms with Gasteiger partial charge in [-0.1, -0.05) is 27.2 Å². The number of esters is 2. The summed E-state index contributed by atoms with van der Waals surface area (Å²) in [5.74, 6) is -4.11. The highest BCUT2D eigenvalue weighted by atomic mass is 19.4. The highest BCUT2D eigenvalue weighted by Gasteiger charge is 2.84. The fraction of sp³-hybridized carbons (Fsp3) is 0.895. The molecule has 10 heteroatoms. The van der Waals surface area contributed by atoms with Gasteiger partial charge >= 0.3 is 29.9 Å². The molecule has 0 unspecified atom stereocenters. The number of alkyl halides is 6. The summed E-state index contributed by atoms with van der Waals surface area (Å²) in [4.78, 5) is 24.6. The molecule has 0 atom stereocenters. The van der Waals surface area contributed by atoms with Crippen molar-refractivity contribution in [3.05, 3.63) is 0 Å². The Kier molecular flexibility index (Phi) is 7.35.